The Bertz CT molecular complexity index is 1620. The van der Waals surface area contributed by atoms with Gasteiger partial charge in [0.2, 0.25) is 0 Å². The zero-order chi connectivity index (χ0) is 33.1. The molecule has 0 aliphatic heterocycles. The molecule has 4 aromatic rings. The Hall–Kier alpha value is -5.11. The molecule has 0 saturated carbocycles. The van der Waals surface area contributed by atoms with Gasteiger partial charge in [-0.3, -0.25) is 5.32 Å². The third-order valence-corrected chi connectivity index (χ3v) is 6.56. The predicted molar refractivity (Wildman–Crippen MR) is 179 cm³/mol. The van der Waals surface area contributed by atoms with Crippen LogP contribution in [0, 0.1) is 13.8 Å². The number of carbonyl (C=O) groups is 3. The zero-order valence-corrected chi connectivity index (χ0v) is 27.0. The fourth-order valence-electron chi connectivity index (χ4n) is 4.38. The van der Waals surface area contributed by atoms with Crippen molar-refractivity contribution in [1.29, 1.82) is 0 Å². The van der Waals surface area contributed by atoms with Gasteiger partial charge in [0.05, 0.1) is 24.3 Å². The first kappa shape index (κ1) is 34.4. The highest BCUT2D eigenvalue weighted by Crippen LogP contribution is 2.28. The van der Waals surface area contributed by atoms with Crippen molar-refractivity contribution in [3.8, 4) is 22.3 Å². The second-order valence-corrected chi connectivity index (χ2v) is 11.3. The van der Waals surface area contributed by atoms with Crippen LogP contribution in [0.1, 0.15) is 66.5 Å². The molecule has 0 fully saturated rings. The number of ether oxygens (including phenoxy) is 3. The van der Waals surface area contributed by atoms with Crippen LogP contribution in [0.3, 0.4) is 0 Å². The van der Waals surface area contributed by atoms with Gasteiger partial charge in [-0.1, -0.05) is 36.4 Å². The number of rotatable bonds is 7. The monoisotopic (exact) mass is 610 g/mol. The highest BCUT2D eigenvalue weighted by Gasteiger charge is 2.17. The number of nitrogen functional groups attached to an aromatic ring is 1. The van der Waals surface area contributed by atoms with E-state index in [2.05, 4.69) is 5.32 Å². The molecule has 0 aromatic heterocycles. The summed E-state index contributed by atoms with van der Waals surface area (Å²) in [5.74, 6) is -0.630. The van der Waals surface area contributed by atoms with E-state index >= 15 is 0 Å². The van der Waals surface area contributed by atoms with Gasteiger partial charge in [-0.05, 0) is 130 Å². The topological polar surface area (TPSA) is 117 Å². The van der Waals surface area contributed by atoms with Gasteiger partial charge < -0.3 is 19.9 Å². The van der Waals surface area contributed by atoms with E-state index in [1.165, 1.54) is 0 Å². The van der Waals surface area contributed by atoms with Crippen LogP contribution in [0.2, 0.25) is 0 Å². The van der Waals surface area contributed by atoms with E-state index in [0.717, 1.165) is 39.1 Å². The average Bonchev–Trinajstić information content (AvgIpc) is 2.99. The molecule has 0 bridgehead atoms. The lowest BCUT2D eigenvalue weighted by Gasteiger charge is -2.20. The fraction of sp³-hybridized carbons (Fsp3) is 0.270. The predicted octanol–water partition coefficient (Wildman–Crippen LogP) is 8.61. The van der Waals surface area contributed by atoms with Gasteiger partial charge in [-0.25, -0.2) is 14.4 Å². The Morgan fingerprint density at radius 1 is 0.667 bits per heavy atom. The molecular formula is C37H42N2O6. The van der Waals surface area contributed by atoms with Crippen LogP contribution < -0.4 is 11.1 Å². The summed E-state index contributed by atoms with van der Waals surface area (Å²) in [6.07, 6.45) is -0.495. The van der Waals surface area contributed by atoms with Gasteiger partial charge >= 0.3 is 18.0 Å². The van der Waals surface area contributed by atoms with Crippen molar-refractivity contribution >= 4 is 29.4 Å². The normalized spacial score (nSPS) is 10.6. The van der Waals surface area contributed by atoms with Crippen molar-refractivity contribution in [3.63, 3.8) is 0 Å². The Morgan fingerprint density at radius 2 is 1.11 bits per heavy atom. The third kappa shape index (κ3) is 10.2. The summed E-state index contributed by atoms with van der Waals surface area (Å²) in [6.45, 7) is 13.8. The van der Waals surface area contributed by atoms with E-state index in [0.29, 0.717) is 30.0 Å². The average molecular weight is 611 g/mol. The molecule has 0 aliphatic rings. The first-order valence-corrected chi connectivity index (χ1v) is 14.8. The molecule has 1 amide bonds. The maximum Gasteiger partial charge on any atom is 0.412 e. The first-order valence-electron chi connectivity index (χ1n) is 14.8. The Kier molecular flexibility index (Phi) is 11.9. The van der Waals surface area contributed by atoms with Crippen molar-refractivity contribution in [2.45, 2.75) is 54.1 Å². The Balaban J connectivity index is 0.000000257. The highest BCUT2D eigenvalue weighted by molar-refractivity contribution is 5.91. The molecule has 8 heteroatoms. The van der Waals surface area contributed by atoms with Crippen LogP contribution in [0.25, 0.3) is 22.3 Å². The number of hydrogen-bond acceptors (Lipinski definition) is 7. The summed E-state index contributed by atoms with van der Waals surface area (Å²) < 4.78 is 15.2. The summed E-state index contributed by atoms with van der Waals surface area (Å²) in [5, 5.41) is 2.75. The summed E-state index contributed by atoms with van der Waals surface area (Å²) in [6, 6.07) is 26.0. The second kappa shape index (κ2) is 15.6. The molecule has 0 atom stereocenters. The van der Waals surface area contributed by atoms with Crippen LogP contribution in [0.15, 0.2) is 84.9 Å². The summed E-state index contributed by atoms with van der Waals surface area (Å²) in [5.41, 5.74) is 13.9. The van der Waals surface area contributed by atoms with E-state index in [-0.39, 0.29) is 11.9 Å². The molecule has 236 valence electrons. The van der Waals surface area contributed by atoms with Gasteiger partial charge in [-0.2, -0.15) is 0 Å². The van der Waals surface area contributed by atoms with E-state index in [4.69, 9.17) is 19.9 Å². The van der Waals surface area contributed by atoms with E-state index in [1.54, 1.807) is 38.1 Å². The van der Waals surface area contributed by atoms with E-state index < -0.39 is 11.7 Å². The molecule has 0 heterocycles. The maximum atomic E-state index is 12.0. The van der Waals surface area contributed by atoms with Crippen molar-refractivity contribution < 1.29 is 28.6 Å². The van der Waals surface area contributed by atoms with Crippen LogP contribution in [0.4, 0.5) is 16.2 Å². The lowest BCUT2D eigenvalue weighted by Crippen LogP contribution is -2.27. The SMILES string of the molecule is CCOC(=O)c1ccc(-c2cc(N)ccc2C)cc1.CCOC(=O)c1ccc(-c2cc(NC(=O)OC(C)(C)C)ccc2C)cc1. The standard InChI is InChI=1S/C21H25NO4.C16H17NO2/c1-6-25-19(23)16-10-8-15(9-11-16)18-13-17(12-7-14(18)2)22-20(24)26-21(3,4)5;1-3-19-16(18)13-7-5-12(6-8-13)15-10-14(17)9-4-11(15)2/h7-13H,6H2,1-5H3,(H,22,24);4-10H,3,17H2,1-2H3. The fourth-order valence-corrected chi connectivity index (χ4v) is 4.38. The van der Waals surface area contributed by atoms with Gasteiger partial charge in [0, 0.05) is 11.4 Å². The number of carbonyl (C=O) groups excluding carboxylic acids is 3. The molecular weight excluding hydrogens is 568 g/mol. The minimum atomic E-state index is -0.555. The minimum absolute atomic E-state index is 0.293. The van der Waals surface area contributed by atoms with Crippen molar-refractivity contribution in [1.82, 2.24) is 0 Å². The minimum Gasteiger partial charge on any atom is -0.462 e. The third-order valence-electron chi connectivity index (χ3n) is 6.56. The maximum absolute atomic E-state index is 12.0. The number of hydrogen-bond donors (Lipinski definition) is 2. The first-order chi connectivity index (χ1) is 21.3. The summed E-state index contributed by atoms with van der Waals surface area (Å²) in [4.78, 5) is 35.3. The van der Waals surface area contributed by atoms with Crippen LogP contribution in [0.5, 0.6) is 0 Å². The van der Waals surface area contributed by atoms with Crippen molar-refractivity contribution in [3.05, 3.63) is 107 Å². The van der Waals surface area contributed by atoms with E-state index in [9.17, 15) is 14.4 Å². The molecule has 0 radical (unpaired) electrons. The number of nitrogens with one attached hydrogen (secondary N) is 1. The Labute approximate surface area is 265 Å². The summed E-state index contributed by atoms with van der Waals surface area (Å²) in [7, 11) is 0. The Morgan fingerprint density at radius 3 is 1.56 bits per heavy atom. The molecule has 45 heavy (non-hydrogen) atoms. The smallest absolute Gasteiger partial charge is 0.412 e. The quantitative estimate of drug-likeness (QED) is 0.122. The molecule has 0 aliphatic carbocycles. The number of amides is 1. The molecule has 4 aromatic carbocycles. The summed E-state index contributed by atoms with van der Waals surface area (Å²) >= 11 is 0. The number of benzene rings is 4. The van der Waals surface area contributed by atoms with Gasteiger partial charge in [0.1, 0.15) is 5.60 Å². The number of esters is 2. The van der Waals surface area contributed by atoms with Crippen LogP contribution in [-0.2, 0) is 14.2 Å². The number of nitrogens with two attached hydrogens (primary N) is 1. The molecule has 8 nitrogen and oxygen atoms in total. The van der Waals surface area contributed by atoms with Crippen LogP contribution >= 0.6 is 0 Å². The van der Waals surface area contributed by atoms with Gasteiger partial charge in [0.15, 0.2) is 0 Å². The molecule has 0 unspecified atom stereocenters. The van der Waals surface area contributed by atoms with Gasteiger partial charge in [-0.15, -0.1) is 0 Å². The number of anilines is 2. The largest absolute Gasteiger partial charge is 0.462 e. The lowest BCUT2D eigenvalue weighted by atomic mass is 9.99. The van der Waals surface area contributed by atoms with Crippen molar-refractivity contribution in [2.75, 3.05) is 24.3 Å². The molecule has 0 spiro atoms. The molecule has 4 rings (SSSR count). The second-order valence-electron chi connectivity index (χ2n) is 11.3. The van der Waals surface area contributed by atoms with Gasteiger partial charge in [0.25, 0.3) is 0 Å². The molecule has 0 saturated heterocycles. The highest BCUT2D eigenvalue weighted by atomic mass is 16.6. The van der Waals surface area contributed by atoms with E-state index in [1.807, 2.05) is 95.3 Å². The number of aryl methyl sites for hydroxylation is 2. The molecule has 3 N–H and O–H groups in total. The zero-order valence-electron chi connectivity index (χ0n) is 27.0. The lowest BCUT2D eigenvalue weighted by molar-refractivity contribution is 0.0517. The van der Waals surface area contributed by atoms with Crippen LogP contribution in [-0.4, -0.2) is 36.8 Å². The van der Waals surface area contributed by atoms with Crippen molar-refractivity contribution in [2.24, 2.45) is 0 Å².